The lowest BCUT2D eigenvalue weighted by Gasteiger charge is -2.25. The van der Waals surface area contributed by atoms with Crippen molar-refractivity contribution in [3.63, 3.8) is 0 Å². The van der Waals surface area contributed by atoms with Crippen LogP contribution >= 0.6 is 0 Å². The molecule has 0 aliphatic carbocycles. The molecule has 1 atom stereocenters. The standard InChI is InChI=1S/C13H26N2O2/c1-2-8-15(9-10-16)13(17)6-5-12-4-3-7-14-11-12/h12,14,16H,2-11H2,1H3. The predicted octanol–water partition coefficient (Wildman–Crippen LogP) is 0.997. The van der Waals surface area contributed by atoms with E-state index >= 15 is 0 Å². The van der Waals surface area contributed by atoms with Gasteiger partial charge in [-0.2, -0.15) is 0 Å². The van der Waals surface area contributed by atoms with Gasteiger partial charge in [-0.1, -0.05) is 6.92 Å². The molecule has 100 valence electrons. The van der Waals surface area contributed by atoms with Crippen LogP contribution in [0.1, 0.15) is 39.0 Å². The van der Waals surface area contributed by atoms with Crippen molar-refractivity contribution >= 4 is 5.91 Å². The molecule has 2 N–H and O–H groups in total. The number of piperidine rings is 1. The van der Waals surface area contributed by atoms with Gasteiger partial charge < -0.3 is 15.3 Å². The molecule has 4 nitrogen and oxygen atoms in total. The molecular weight excluding hydrogens is 216 g/mol. The van der Waals surface area contributed by atoms with Crippen molar-refractivity contribution in [3.8, 4) is 0 Å². The van der Waals surface area contributed by atoms with Crippen LogP contribution in [0.25, 0.3) is 0 Å². The molecule has 17 heavy (non-hydrogen) atoms. The summed E-state index contributed by atoms with van der Waals surface area (Å²) in [4.78, 5) is 13.7. The van der Waals surface area contributed by atoms with Crippen LogP contribution in [0.5, 0.6) is 0 Å². The fourth-order valence-electron chi connectivity index (χ4n) is 2.41. The number of carbonyl (C=O) groups excluding carboxylic acids is 1. The molecule has 0 spiro atoms. The molecule has 0 bridgehead atoms. The Hall–Kier alpha value is -0.610. The zero-order chi connectivity index (χ0) is 12.5. The molecule has 0 radical (unpaired) electrons. The van der Waals surface area contributed by atoms with Crippen molar-refractivity contribution in [2.75, 3.05) is 32.8 Å². The number of amides is 1. The highest BCUT2D eigenvalue weighted by molar-refractivity contribution is 5.76. The topological polar surface area (TPSA) is 52.6 Å². The Morgan fingerprint density at radius 2 is 2.29 bits per heavy atom. The van der Waals surface area contributed by atoms with Crippen molar-refractivity contribution in [3.05, 3.63) is 0 Å². The molecule has 1 saturated heterocycles. The Morgan fingerprint density at radius 1 is 1.47 bits per heavy atom. The first-order valence-electron chi connectivity index (χ1n) is 6.87. The third-order valence-corrected chi connectivity index (χ3v) is 3.38. The van der Waals surface area contributed by atoms with E-state index in [9.17, 15) is 4.79 Å². The molecule has 1 heterocycles. The average Bonchev–Trinajstić information content (AvgIpc) is 2.37. The van der Waals surface area contributed by atoms with Gasteiger partial charge in [-0.25, -0.2) is 0 Å². The first-order chi connectivity index (χ1) is 8.27. The maximum absolute atomic E-state index is 12.0. The van der Waals surface area contributed by atoms with E-state index in [1.54, 1.807) is 4.90 Å². The normalized spacial score (nSPS) is 20.2. The Labute approximate surface area is 104 Å². The van der Waals surface area contributed by atoms with Gasteiger partial charge in [0.1, 0.15) is 0 Å². The molecule has 0 aromatic heterocycles. The number of hydrogen-bond acceptors (Lipinski definition) is 3. The van der Waals surface area contributed by atoms with Crippen LogP contribution in [-0.4, -0.2) is 48.7 Å². The maximum Gasteiger partial charge on any atom is 0.222 e. The third kappa shape index (κ3) is 5.50. The first-order valence-corrected chi connectivity index (χ1v) is 6.87. The highest BCUT2D eigenvalue weighted by atomic mass is 16.3. The SMILES string of the molecule is CCCN(CCO)C(=O)CCC1CCCNC1. The van der Waals surface area contributed by atoms with Crippen LogP contribution in [0.2, 0.25) is 0 Å². The monoisotopic (exact) mass is 242 g/mol. The predicted molar refractivity (Wildman–Crippen MR) is 68.8 cm³/mol. The summed E-state index contributed by atoms with van der Waals surface area (Å²) >= 11 is 0. The summed E-state index contributed by atoms with van der Waals surface area (Å²) in [7, 11) is 0. The van der Waals surface area contributed by atoms with Crippen LogP contribution < -0.4 is 5.32 Å². The van der Waals surface area contributed by atoms with E-state index in [1.165, 1.54) is 12.8 Å². The van der Waals surface area contributed by atoms with E-state index in [2.05, 4.69) is 12.2 Å². The molecule has 0 saturated carbocycles. The first kappa shape index (κ1) is 14.5. The minimum atomic E-state index is 0.0662. The van der Waals surface area contributed by atoms with E-state index in [0.717, 1.165) is 32.5 Å². The quantitative estimate of drug-likeness (QED) is 0.700. The van der Waals surface area contributed by atoms with Gasteiger partial charge in [-0.05, 0) is 44.7 Å². The van der Waals surface area contributed by atoms with Crippen molar-refractivity contribution in [2.45, 2.75) is 39.0 Å². The van der Waals surface area contributed by atoms with E-state index in [-0.39, 0.29) is 12.5 Å². The number of hydrogen-bond donors (Lipinski definition) is 2. The summed E-state index contributed by atoms with van der Waals surface area (Å²) in [5.74, 6) is 0.858. The second-order valence-electron chi connectivity index (χ2n) is 4.86. The van der Waals surface area contributed by atoms with Crippen LogP contribution in [0, 0.1) is 5.92 Å². The molecular formula is C13H26N2O2. The summed E-state index contributed by atoms with van der Waals surface area (Å²) in [5, 5.41) is 12.3. The summed E-state index contributed by atoms with van der Waals surface area (Å²) in [6.07, 6.45) is 5.04. The second-order valence-corrected chi connectivity index (χ2v) is 4.86. The lowest BCUT2D eigenvalue weighted by Crippen LogP contribution is -2.35. The van der Waals surface area contributed by atoms with Crippen LogP contribution in [0.4, 0.5) is 0 Å². The second kappa shape index (κ2) is 8.48. The Kier molecular flexibility index (Phi) is 7.21. The van der Waals surface area contributed by atoms with Gasteiger partial charge in [-0.15, -0.1) is 0 Å². The molecule has 1 fully saturated rings. The van der Waals surface area contributed by atoms with Gasteiger partial charge in [0.2, 0.25) is 5.91 Å². The fraction of sp³-hybridized carbons (Fsp3) is 0.923. The lowest BCUT2D eigenvalue weighted by atomic mass is 9.94. The van der Waals surface area contributed by atoms with Crippen LogP contribution in [0.3, 0.4) is 0 Å². The Bertz CT molecular complexity index is 209. The van der Waals surface area contributed by atoms with Crippen molar-refractivity contribution < 1.29 is 9.90 Å². The Morgan fingerprint density at radius 3 is 2.88 bits per heavy atom. The number of carbonyl (C=O) groups is 1. The van der Waals surface area contributed by atoms with Gasteiger partial charge in [-0.3, -0.25) is 4.79 Å². The lowest BCUT2D eigenvalue weighted by molar-refractivity contribution is -0.132. The smallest absolute Gasteiger partial charge is 0.222 e. The molecule has 1 amide bonds. The molecule has 4 heteroatoms. The largest absolute Gasteiger partial charge is 0.395 e. The van der Waals surface area contributed by atoms with Gasteiger partial charge in [0, 0.05) is 19.5 Å². The third-order valence-electron chi connectivity index (χ3n) is 3.38. The minimum absolute atomic E-state index is 0.0662. The van der Waals surface area contributed by atoms with Crippen LogP contribution in [-0.2, 0) is 4.79 Å². The minimum Gasteiger partial charge on any atom is -0.395 e. The fourth-order valence-corrected chi connectivity index (χ4v) is 2.41. The summed E-state index contributed by atoms with van der Waals surface area (Å²) in [6.45, 7) is 5.55. The molecule has 0 aromatic rings. The molecule has 1 rings (SSSR count). The van der Waals surface area contributed by atoms with Gasteiger partial charge in [0.25, 0.3) is 0 Å². The van der Waals surface area contributed by atoms with Gasteiger partial charge in [0.15, 0.2) is 0 Å². The van der Waals surface area contributed by atoms with E-state index < -0.39 is 0 Å². The van der Waals surface area contributed by atoms with Gasteiger partial charge in [0.05, 0.1) is 6.61 Å². The van der Waals surface area contributed by atoms with Crippen molar-refractivity contribution in [1.82, 2.24) is 10.2 Å². The van der Waals surface area contributed by atoms with E-state index in [0.29, 0.717) is 18.9 Å². The summed E-state index contributed by atoms with van der Waals surface area (Å²) in [6, 6.07) is 0. The average molecular weight is 242 g/mol. The summed E-state index contributed by atoms with van der Waals surface area (Å²) in [5.41, 5.74) is 0. The maximum atomic E-state index is 12.0. The summed E-state index contributed by atoms with van der Waals surface area (Å²) < 4.78 is 0. The highest BCUT2D eigenvalue weighted by Crippen LogP contribution is 2.16. The molecule has 1 aliphatic rings. The van der Waals surface area contributed by atoms with Gasteiger partial charge >= 0.3 is 0 Å². The number of aliphatic hydroxyl groups excluding tert-OH is 1. The molecule has 1 aliphatic heterocycles. The van der Waals surface area contributed by atoms with E-state index in [1.807, 2.05) is 0 Å². The number of nitrogens with one attached hydrogen (secondary N) is 1. The number of rotatable bonds is 7. The Balaban J connectivity index is 2.25. The number of nitrogens with zero attached hydrogens (tertiary/aromatic N) is 1. The number of aliphatic hydroxyl groups is 1. The van der Waals surface area contributed by atoms with Crippen molar-refractivity contribution in [1.29, 1.82) is 0 Å². The zero-order valence-electron chi connectivity index (χ0n) is 11.0. The highest BCUT2D eigenvalue weighted by Gasteiger charge is 2.17. The zero-order valence-corrected chi connectivity index (χ0v) is 11.0. The molecule has 0 aromatic carbocycles. The van der Waals surface area contributed by atoms with Crippen LogP contribution in [0.15, 0.2) is 0 Å². The molecule has 1 unspecified atom stereocenters. The van der Waals surface area contributed by atoms with Crippen molar-refractivity contribution in [2.24, 2.45) is 5.92 Å². The van der Waals surface area contributed by atoms with E-state index in [4.69, 9.17) is 5.11 Å².